The van der Waals surface area contributed by atoms with Gasteiger partial charge in [0, 0.05) is 28.2 Å². The third kappa shape index (κ3) is 4.60. The molecule has 4 nitrogen and oxygen atoms in total. The minimum Gasteiger partial charge on any atom is -0.309 e. The number of hydrogen-bond acceptors (Lipinski definition) is 3. The first-order chi connectivity index (χ1) is 12.0. The lowest BCUT2D eigenvalue weighted by atomic mass is 10.1. The van der Waals surface area contributed by atoms with E-state index >= 15 is 0 Å². The van der Waals surface area contributed by atoms with E-state index in [4.69, 9.17) is 28.3 Å². The zero-order valence-electron chi connectivity index (χ0n) is 14.2. The Labute approximate surface area is 157 Å². The Morgan fingerprint density at radius 2 is 1.80 bits per heavy atom. The van der Waals surface area contributed by atoms with Gasteiger partial charge in [-0.25, -0.2) is 0 Å². The van der Waals surface area contributed by atoms with Crippen LogP contribution in [0.3, 0.4) is 0 Å². The molecule has 0 bridgehead atoms. The van der Waals surface area contributed by atoms with Gasteiger partial charge in [-0.15, -0.1) is 0 Å². The van der Waals surface area contributed by atoms with Crippen LogP contribution in [-0.4, -0.2) is 21.0 Å². The van der Waals surface area contributed by atoms with Crippen LogP contribution >= 0.6 is 23.2 Å². The van der Waals surface area contributed by atoms with Gasteiger partial charge >= 0.3 is 0 Å². The van der Waals surface area contributed by atoms with Gasteiger partial charge in [0.2, 0.25) is 0 Å². The molecule has 6 heteroatoms. The number of rotatable bonds is 6. The molecule has 1 N–H and O–H groups in total. The highest BCUT2D eigenvalue weighted by molar-refractivity contribution is 6.35. The van der Waals surface area contributed by atoms with Crippen LogP contribution in [0.2, 0.25) is 10.0 Å². The van der Waals surface area contributed by atoms with Crippen molar-refractivity contribution in [1.82, 2.24) is 20.3 Å². The average molecular weight is 375 g/mol. The van der Waals surface area contributed by atoms with E-state index in [0.29, 0.717) is 29.2 Å². The fourth-order valence-corrected chi connectivity index (χ4v) is 2.96. The van der Waals surface area contributed by atoms with Crippen molar-refractivity contribution in [3.05, 3.63) is 69.8 Å². The number of hydrogen-bond donors (Lipinski definition) is 1. The van der Waals surface area contributed by atoms with Crippen LogP contribution in [-0.2, 0) is 13.1 Å². The maximum absolute atomic E-state index is 6.28. The van der Waals surface area contributed by atoms with Gasteiger partial charge in [-0.1, -0.05) is 73.4 Å². The molecule has 0 spiro atoms. The smallest absolute Gasteiger partial charge is 0.117 e. The molecule has 130 valence electrons. The summed E-state index contributed by atoms with van der Waals surface area (Å²) in [5.74, 6) is 0. The lowest BCUT2D eigenvalue weighted by Gasteiger charge is -2.06. The SMILES string of the molecule is CC(C)NCc1nn(Cc2ccc(Cl)cc2Cl)nc1-c1ccccc1. The van der Waals surface area contributed by atoms with E-state index in [1.54, 1.807) is 10.9 Å². The zero-order chi connectivity index (χ0) is 17.8. The van der Waals surface area contributed by atoms with E-state index in [1.165, 1.54) is 0 Å². The number of nitrogens with one attached hydrogen (secondary N) is 1. The van der Waals surface area contributed by atoms with Gasteiger partial charge in [0.05, 0.1) is 6.54 Å². The summed E-state index contributed by atoms with van der Waals surface area (Å²) >= 11 is 12.2. The van der Waals surface area contributed by atoms with E-state index in [9.17, 15) is 0 Å². The molecule has 0 fully saturated rings. The van der Waals surface area contributed by atoms with Crippen LogP contribution in [0, 0.1) is 0 Å². The van der Waals surface area contributed by atoms with Gasteiger partial charge in [-0.05, 0) is 17.7 Å². The van der Waals surface area contributed by atoms with Crippen molar-refractivity contribution in [2.24, 2.45) is 0 Å². The summed E-state index contributed by atoms with van der Waals surface area (Å²) in [4.78, 5) is 1.69. The van der Waals surface area contributed by atoms with Crippen molar-refractivity contribution >= 4 is 23.2 Å². The van der Waals surface area contributed by atoms with Crippen molar-refractivity contribution in [1.29, 1.82) is 0 Å². The normalized spacial score (nSPS) is 11.2. The second kappa shape index (κ2) is 8.00. The summed E-state index contributed by atoms with van der Waals surface area (Å²) in [7, 11) is 0. The predicted octanol–water partition coefficient (Wildman–Crippen LogP) is 4.80. The first kappa shape index (κ1) is 17.9. The van der Waals surface area contributed by atoms with E-state index < -0.39 is 0 Å². The first-order valence-electron chi connectivity index (χ1n) is 8.19. The predicted molar refractivity (Wildman–Crippen MR) is 103 cm³/mol. The molecule has 1 aromatic heterocycles. The van der Waals surface area contributed by atoms with Crippen molar-refractivity contribution in [2.75, 3.05) is 0 Å². The van der Waals surface area contributed by atoms with E-state index in [2.05, 4.69) is 24.3 Å². The molecule has 25 heavy (non-hydrogen) atoms. The number of benzene rings is 2. The lowest BCUT2D eigenvalue weighted by molar-refractivity contribution is 0.554. The summed E-state index contributed by atoms with van der Waals surface area (Å²) in [6.45, 7) is 5.38. The minimum absolute atomic E-state index is 0.375. The molecule has 0 saturated carbocycles. The molecular formula is C19H20Cl2N4. The third-order valence-electron chi connectivity index (χ3n) is 3.78. The Balaban J connectivity index is 1.92. The van der Waals surface area contributed by atoms with Gasteiger partial charge in [-0.2, -0.15) is 15.0 Å². The van der Waals surface area contributed by atoms with E-state index in [1.807, 2.05) is 42.5 Å². The maximum Gasteiger partial charge on any atom is 0.117 e. The molecule has 0 aliphatic heterocycles. The molecule has 1 heterocycles. The van der Waals surface area contributed by atoms with Gasteiger partial charge < -0.3 is 5.32 Å². The van der Waals surface area contributed by atoms with Crippen LogP contribution in [0.1, 0.15) is 25.1 Å². The van der Waals surface area contributed by atoms with Crippen molar-refractivity contribution in [3.8, 4) is 11.3 Å². The Morgan fingerprint density at radius 1 is 1.04 bits per heavy atom. The highest BCUT2D eigenvalue weighted by atomic mass is 35.5. The fraction of sp³-hybridized carbons (Fsp3) is 0.263. The van der Waals surface area contributed by atoms with Crippen molar-refractivity contribution in [2.45, 2.75) is 33.0 Å². The molecule has 3 aromatic rings. The molecule has 0 aliphatic carbocycles. The molecule has 0 atom stereocenters. The summed E-state index contributed by atoms with van der Waals surface area (Å²) in [6.07, 6.45) is 0. The monoisotopic (exact) mass is 374 g/mol. The number of aromatic nitrogens is 3. The van der Waals surface area contributed by atoms with Gasteiger partial charge in [0.15, 0.2) is 0 Å². The molecule has 0 amide bonds. The number of halogens is 2. The molecule has 0 saturated heterocycles. The molecule has 0 aliphatic rings. The van der Waals surface area contributed by atoms with Gasteiger partial charge in [0.1, 0.15) is 11.4 Å². The lowest BCUT2D eigenvalue weighted by Crippen LogP contribution is -2.22. The van der Waals surface area contributed by atoms with Crippen LogP contribution in [0.25, 0.3) is 11.3 Å². The Kier molecular flexibility index (Phi) is 5.74. The van der Waals surface area contributed by atoms with Crippen LogP contribution in [0.4, 0.5) is 0 Å². The molecule has 0 unspecified atom stereocenters. The highest BCUT2D eigenvalue weighted by Crippen LogP contribution is 2.23. The highest BCUT2D eigenvalue weighted by Gasteiger charge is 2.14. The van der Waals surface area contributed by atoms with Crippen LogP contribution in [0.5, 0.6) is 0 Å². The molecule has 0 radical (unpaired) electrons. The molecular weight excluding hydrogens is 355 g/mol. The Morgan fingerprint density at radius 3 is 2.48 bits per heavy atom. The van der Waals surface area contributed by atoms with Crippen LogP contribution < -0.4 is 5.32 Å². The molecule has 2 aromatic carbocycles. The Hall–Kier alpha value is -1.88. The third-order valence-corrected chi connectivity index (χ3v) is 4.36. The van der Waals surface area contributed by atoms with Crippen molar-refractivity contribution in [3.63, 3.8) is 0 Å². The van der Waals surface area contributed by atoms with Gasteiger partial charge in [0.25, 0.3) is 0 Å². The maximum atomic E-state index is 6.28. The number of nitrogens with zero attached hydrogens (tertiary/aromatic N) is 3. The minimum atomic E-state index is 0.375. The fourth-order valence-electron chi connectivity index (χ4n) is 2.50. The summed E-state index contributed by atoms with van der Waals surface area (Å²) in [5, 5.41) is 14.0. The second-order valence-corrected chi connectivity index (χ2v) is 7.01. The van der Waals surface area contributed by atoms with E-state index in [-0.39, 0.29) is 0 Å². The first-order valence-corrected chi connectivity index (χ1v) is 8.95. The quantitative estimate of drug-likeness (QED) is 0.673. The zero-order valence-corrected chi connectivity index (χ0v) is 15.7. The van der Waals surface area contributed by atoms with Crippen LogP contribution in [0.15, 0.2) is 48.5 Å². The van der Waals surface area contributed by atoms with Gasteiger partial charge in [-0.3, -0.25) is 0 Å². The average Bonchev–Trinajstić information content (AvgIpc) is 2.99. The largest absolute Gasteiger partial charge is 0.309 e. The molecule has 3 rings (SSSR count). The standard InChI is InChI=1S/C19H20Cl2N4/c1-13(2)22-11-18-19(14-6-4-3-5-7-14)24-25(23-18)12-15-8-9-16(20)10-17(15)21/h3-10,13,22H,11-12H2,1-2H3. The second-order valence-electron chi connectivity index (χ2n) is 6.16. The topological polar surface area (TPSA) is 42.7 Å². The summed E-state index contributed by atoms with van der Waals surface area (Å²) < 4.78 is 0. The summed E-state index contributed by atoms with van der Waals surface area (Å²) in [6, 6.07) is 15.9. The van der Waals surface area contributed by atoms with E-state index in [0.717, 1.165) is 22.5 Å². The Bertz CT molecular complexity index is 844. The summed E-state index contributed by atoms with van der Waals surface area (Å²) in [5.41, 5.74) is 3.80. The van der Waals surface area contributed by atoms with Crippen molar-refractivity contribution < 1.29 is 0 Å².